The van der Waals surface area contributed by atoms with Gasteiger partial charge in [0.2, 0.25) is 0 Å². The Bertz CT molecular complexity index is 849. The first kappa shape index (κ1) is 13.3. The van der Waals surface area contributed by atoms with Crippen molar-refractivity contribution in [3.05, 3.63) is 59.6 Å². The third kappa shape index (κ3) is 2.63. The van der Waals surface area contributed by atoms with Gasteiger partial charge in [0.1, 0.15) is 12.0 Å². The zero-order valence-electron chi connectivity index (χ0n) is 10.9. The van der Waals surface area contributed by atoms with E-state index in [-0.39, 0.29) is 0 Å². The molecular weight excluding hydrogens is 281 g/mol. The highest BCUT2D eigenvalue weighted by atomic mass is 19.4. The van der Waals surface area contributed by atoms with Crippen molar-refractivity contribution >= 4 is 5.52 Å². The Labute approximate surface area is 118 Å². The number of rotatable bonds is 0. The second-order valence-corrected chi connectivity index (χ2v) is 4.51. The molecule has 0 aliphatic heterocycles. The van der Waals surface area contributed by atoms with Gasteiger partial charge in [0, 0.05) is 12.4 Å². The molecule has 0 radical (unpaired) electrons. The van der Waals surface area contributed by atoms with Crippen LogP contribution in [-0.4, -0.2) is 9.38 Å². The molecule has 0 N–H and O–H groups in total. The number of aryl methyl sites for hydroxylation is 1. The summed E-state index contributed by atoms with van der Waals surface area (Å²) in [7, 11) is 0. The van der Waals surface area contributed by atoms with Gasteiger partial charge >= 0.3 is 6.18 Å². The predicted octanol–water partition coefficient (Wildman–Crippen LogP) is 3.65. The Hall–Kier alpha value is -2.68. The third-order valence-corrected chi connectivity index (χ3v) is 2.88. The number of halogens is 3. The number of hydrogen-bond donors (Lipinski definition) is 0. The fourth-order valence-corrected chi connectivity index (χ4v) is 1.95. The minimum absolute atomic E-state index is 0.298. The molecule has 0 bridgehead atoms. The maximum Gasteiger partial charge on any atom is 0.417 e. The van der Waals surface area contributed by atoms with E-state index in [1.807, 2.05) is 0 Å². The van der Waals surface area contributed by atoms with Gasteiger partial charge in [-0.15, -0.1) is 0 Å². The normalized spacial score (nSPS) is 11.4. The molecule has 6 heteroatoms. The number of fused-ring (bicyclic) bond motifs is 1. The zero-order valence-corrected chi connectivity index (χ0v) is 10.9. The van der Waals surface area contributed by atoms with E-state index in [1.165, 1.54) is 23.1 Å². The first-order chi connectivity index (χ1) is 9.93. The molecule has 3 heterocycles. The van der Waals surface area contributed by atoms with Gasteiger partial charge in [0.05, 0.1) is 28.6 Å². The van der Waals surface area contributed by atoms with E-state index >= 15 is 0 Å². The standard InChI is InChI=1S/C15H9F3N2O/c1-10-7-20-8-12(15(16,17)18)6-14(20)13(19-10)3-2-11-4-5-21-9-11/h4-9H,1H3. The van der Waals surface area contributed by atoms with Crippen molar-refractivity contribution < 1.29 is 17.6 Å². The summed E-state index contributed by atoms with van der Waals surface area (Å²) in [6.07, 6.45) is 1.11. The van der Waals surface area contributed by atoms with Gasteiger partial charge in [-0.25, -0.2) is 4.98 Å². The molecule has 0 spiro atoms. The van der Waals surface area contributed by atoms with E-state index in [4.69, 9.17) is 4.42 Å². The number of alkyl halides is 3. The van der Waals surface area contributed by atoms with Gasteiger partial charge in [-0.2, -0.15) is 13.2 Å². The van der Waals surface area contributed by atoms with Crippen LogP contribution < -0.4 is 0 Å². The minimum atomic E-state index is -4.39. The molecule has 3 aromatic heterocycles. The highest BCUT2D eigenvalue weighted by Gasteiger charge is 2.32. The van der Waals surface area contributed by atoms with Crippen LogP contribution in [0, 0.1) is 18.8 Å². The maximum atomic E-state index is 12.8. The zero-order chi connectivity index (χ0) is 15.0. The summed E-state index contributed by atoms with van der Waals surface area (Å²) >= 11 is 0. The fourth-order valence-electron chi connectivity index (χ4n) is 1.95. The molecule has 0 amide bonds. The summed E-state index contributed by atoms with van der Waals surface area (Å²) in [5, 5.41) is 0. The topological polar surface area (TPSA) is 30.4 Å². The number of furan rings is 1. The molecule has 0 atom stereocenters. The van der Waals surface area contributed by atoms with E-state index in [1.54, 1.807) is 13.0 Å². The highest BCUT2D eigenvalue weighted by molar-refractivity contribution is 5.62. The maximum absolute atomic E-state index is 12.8. The van der Waals surface area contributed by atoms with Crippen LogP contribution >= 0.6 is 0 Å². The lowest BCUT2D eigenvalue weighted by molar-refractivity contribution is -0.137. The van der Waals surface area contributed by atoms with Crippen molar-refractivity contribution in [3.8, 4) is 11.8 Å². The number of aromatic nitrogens is 2. The monoisotopic (exact) mass is 290 g/mol. The van der Waals surface area contributed by atoms with Gasteiger partial charge in [-0.1, -0.05) is 5.92 Å². The predicted molar refractivity (Wildman–Crippen MR) is 69.6 cm³/mol. The molecule has 0 aliphatic rings. The van der Waals surface area contributed by atoms with E-state index in [0.29, 0.717) is 22.5 Å². The van der Waals surface area contributed by atoms with Crippen LogP contribution in [0.15, 0.2) is 41.5 Å². The lowest BCUT2D eigenvalue weighted by Gasteiger charge is -2.00. The van der Waals surface area contributed by atoms with E-state index in [9.17, 15) is 13.2 Å². The number of nitrogens with zero attached hydrogens (tertiary/aromatic N) is 2. The molecule has 3 rings (SSSR count). The Morgan fingerprint density at radius 3 is 2.71 bits per heavy atom. The van der Waals surface area contributed by atoms with Crippen molar-refractivity contribution in [1.29, 1.82) is 0 Å². The van der Waals surface area contributed by atoms with Crippen LogP contribution in [0.2, 0.25) is 0 Å². The van der Waals surface area contributed by atoms with Crippen molar-refractivity contribution in [2.24, 2.45) is 0 Å². The molecule has 3 nitrogen and oxygen atoms in total. The van der Waals surface area contributed by atoms with Gasteiger partial charge in [-0.05, 0) is 25.0 Å². The van der Waals surface area contributed by atoms with Gasteiger partial charge in [-0.3, -0.25) is 0 Å². The lowest BCUT2D eigenvalue weighted by Crippen LogP contribution is -2.02. The average molecular weight is 290 g/mol. The molecule has 106 valence electrons. The molecule has 21 heavy (non-hydrogen) atoms. The van der Waals surface area contributed by atoms with Crippen LogP contribution in [0.4, 0.5) is 13.2 Å². The summed E-state index contributed by atoms with van der Waals surface area (Å²) in [5.74, 6) is 5.59. The van der Waals surface area contributed by atoms with Crippen molar-refractivity contribution in [3.63, 3.8) is 0 Å². The van der Waals surface area contributed by atoms with Crippen LogP contribution in [0.3, 0.4) is 0 Å². The summed E-state index contributed by atoms with van der Waals surface area (Å²) in [6, 6.07) is 2.71. The summed E-state index contributed by atoms with van der Waals surface area (Å²) in [5.41, 5.74) is 1.12. The third-order valence-electron chi connectivity index (χ3n) is 2.88. The smallest absolute Gasteiger partial charge is 0.417 e. The Kier molecular flexibility index (Phi) is 2.98. The molecule has 0 aliphatic carbocycles. The fraction of sp³-hybridized carbons (Fsp3) is 0.133. The highest BCUT2D eigenvalue weighted by Crippen LogP contribution is 2.31. The first-order valence-electron chi connectivity index (χ1n) is 6.04. The van der Waals surface area contributed by atoms with Crippen LogP contribution in [0.1, 0.15) is 22.5 Å². The van der Waals surface area contributed by atoms with E-state index in [2.05, 4.69) is 16.8 Å². The van der Waals surface area contributed by atoms with Gasteiger partial charge < -0.3 is 8.82 Å². The molecule has 3 aromatic rings. The Morgan fingerprint density at radius 2 is 2.05 bits per heavy atom. The SMILES string of the molecule is Cc1cn2cc(C(F)(F)F)cc2c(C#Cc2ccoc2)n1. The molecule has 0 unspecified atom stereocenters. The van der Waals surface area contributed by atoms with Crippen molar-refractivity contribution in [2.75, 3.05) is 0 Å². The average Bonchev–Trinajstić information content (AvgIpc) is 3.03. The molecule has 0 saturated carbocycles. The Balaban J connectivity index is 2.15. The molecular formula is C15H9F3N2O. The second-order valence-electron chi connectivity index (χ2n) is 4.51. The van der Waals surface area contributed by atoms with E-state index < -0.39 is 11.7 Å². The molecule has 0 aromatic carbocycles. The van der Waals surface area contributed by atoms with Gasteiger partial charge in [0.15, 0.2) is 0 Å². The van der Waals surface area contributed by atoms with Gasteiger partial charge in [0.25, 0.3) is 0 Å². The van der Waals surface area contributed by atoms with Crippen LogP contribution in [0.25, 0.3) is 5.52 Å². The first-order valence-corrected chi connectivity index (χ1v) is 6.04. The van der Waals surface area contributed by atoms with E-state index in [0.717, 1.165) is 12.3 Å². The van der Waals surface area contributed by atoms with Crippen molar-refractivity contribution in [2.45, 2.75) is 13.1 Å². The molecule has 0 saturated heterocycles. The second kappa shape index (κ2) is 4.70. The Morgan fingerprint density at radius 1 is 1.24 bits per heavy atom. The van der Waals surface area contributed by atoms with Crippen LogP contribution in [-0.2, 0) is 6.18 Å². The summed E-state index contributed by atoms with van der Waals surface area (Å²) in [6.45, 7) is 1.70. The largest absolute Gasteiger partial charge is 0.471 e. The quantitative estimate of drug-likeness (QED) is 0.592. The van der Waals surface area contributed by atoms with Crippen LogP contribution in [0.5, 0.6) is 0 Å². The van der Waals surface area contributed by atoms with Crippen molar-refractivity contribution in [1.82, 2.24) is 9.38 Å². The minimum Gasteiger partial charge on any atom is -0.471 e. The number of hydrogen-bond acceptors (Lipinski definition) is 2. The molecule has 0 fully saturated rings. The lowest BCUT2D eigenvalue weighted by atomic mass is 10.2. The summed E-state index contributed by atoms with van der Waals surface area (Å²) < 4.78 is 44.6. The summed E-state index contributed by atoms with van der Waals surface area (Å²) in [4.78, 5) is 4.20.